The molecule has 1 aromatic carbocycles. The fourth-order valence-corrected chi connectivity index (χ4v) is 3.09. The minimum atomic E-state index is -3.30. The maximum atomic E-state index is 11.8. The highest BCUT2D eigenvalue weighted by Gasteiger charge is 2.18. The molecular formula is C12H17N3O2S2. The molecule has 5 nitrogen and oxygen atoms in total. The second kappa shape index (κ2) is 5.05. The summed E-state index contributed by atoms with van der Waals surface area (Å²) in [6.07, 6.45) is 3.21. The van der Waals surface area contributed by atoms with E-state index >= 15 is 0 Å². The molecule has 1 aromatic heterocycles. The van der Waals surface area contributed by atoms with Gasteiger partial charge in [0.1, 0.15) is 5.52 Å². The lowest BCUT2D eigenvalue weighted by atomic mass is 10.3. The number of sulfone groups is 1. The van der Waals surface area contributed by atoms with Gasteiger partial charge in [0.15, 0.2) is 9.84 Å². The van der Waals surface area contributed by atoms with Crippen molar-refractivity contribution in [1.29, 1.82) is 0 Å². The Kier molecular flexibility index (Phi) is 3.78. The molecule has 0 amide bonds. The molecule has 0 fully saturated rings. The van der Waals surface area contributed by atoms with Crippen LogP contribution in [0.2, 0.25) is 0 Å². The fraction of sp³-hybridized carbons (Fsp3) is 0.417. The summed E-state index contributed by atoms with van der Waals surface area (Å²) in [5, 5.41) is 0.376. The molecule has 1 heterocycles. The summed E-state index contributed by atoms with van der Waals surface area (Å²) in [6, 6.07) is 5.13. The van der Waals surface area contributed by atoms with E-state index in [-0.39, 0.29) is 4.90 Å². The lowest BCUT2D eigenvalue weighted by Crippen LogP contribution is -2.11. The van der Waals surface area contributed by atoms with Crippen LogP contribution in [-0.4, -0.2) is 35.7 Å². The van der Waals surface area contributed by atoms with E-state index in [0.29, 0.717) is 23.3 Å². The van der Waals surface area contributed by atoms with Crippen LogP contribution >= 0.6 is 11.8 Å². The van der Waals surface area contributed by atoms with Crippen LogP contribution in [0.15, 0.2) is 23.1 Å². The van der Waals surface area contributed by atoms with E-state index in [4.69, 9.17) is 5.73 Å². The molecule has 1 atom stereocenters. The molecular weight excluding hydrogens is 282 g/mol. The van der Waals surface area contributed by atoms with Crippen molar-refractivity contribution < 1.29 is 8.42 Å². The number of aromatic nitrogens is 2. The largest absolute Gasteiger partial charge is 0.369 e. The zero-order valence-corrected chi connectivity index (χ0v) is 12.8. The average molecular weight is 299 g/mol. The lowest BCUT2D eigenvalue weighted by Gasteiger charge is -2.11. The van der Waals surface area contributed by atoms with E-state index in [2.05, 4.69) is 11.9 Å². The quantitative estimate of drug-likeness (QED) is 0.931. The first-order valence-corrected chi connectivity index (χ1v) is 9.00. The molecule has 19 heavy (non-hydrogen) atoms. The number of para-hydroxylation sites is 1. The van der Waals surface area contributed by atoms with E-state index in [1.165, 1.54) is 6.26 Å². The predicted molar refractivity (Wildman–Crippen MR) is 80.2 cm³/mol. The zero-order valence-electron chi connectivity index (χ0n) is 11.1. The van der Waals surface area contributed by atoms with Gasteiger partial charge in [-0.1, -0.05) is 13.0 Å². The zero-order chi connectivity index (χ0) is 14.2. The van der Waals surface area contributed by atoms with Crippen LogP contribution in [0.5, 0.6) is 0 Å². The first kappa shape index (κ1) is 14.2. The molecule has 1 unspecified atom stereocenters. The van der Waals surface area contributed by atoms with Crippen molar-refractivity contribution in [3.63, 3.8) is 0 Å². The Morgan fingerprint density at radius 2 is 2.16 bits per heavy atom. The van der Waals surface area contributed by atoms with E-state index < -0.39 is 9.84 Å². The molecule has 2 N–H and O–H groups in total. The topological polar surface area (TPSA) is 78.0 Å². The van der Waals surface area contributed by atoms with Crippen LogP contribution in [0.4, 0.5) is 5.95 Å². The summed E-state index contributed by atoms with van der Waals surface area (Å²) in [5.41, 5.74) is 7.14. The molecule has 0 spiro atoms. The molecule has 0 aliphatic carbocycles. The molecule has 0 saturated carbocycles. The second-order valence-corrected chi connectivity index (χ2v) is 7.78. The molecule has 0 aliphatic heterocycles. The molecule has 0 aliphatic rings. The highest BCUT2D eigenvalue weighted by atomic mass is 32.2. The summed E-state index contributed by atoms with van der Waals surface area (Å²) in [4.78, 5) is 4.45. The van der Waals surface area contributed by atoms with Gasteiger partial charge in [-0.3, -0.25) is 0 Å². The first-order valence-electron chi connectivity index (χ1n) is 5.82. The van der Waals surface area contributed by atoms with Crippen molar-refractivity contribution in [3.8, 4) is 0 Å². The summed E-state index contributed by atoms with van der Waals surface area (Å²) in [7, 11) is -3.30. The van der Waals surface area contributed by atoms with Gasteiger partial charge in [0.25, 0.3) is 0 Å². The van der Waals surface area contributed by atoms with Gasteiger partial charge in [-0.05, 0) is 18.4 Å². The monoisotopic (exact) mass is 299 g/mol. The standard InChI is InChI=1S/C12H17N3O2S2/c1-8(18-2)7-15-9-5-4-6-10(19(3,16)17)11(9)14-12(15)13/h4-6,8H,7H2,1-3H3,(H2,13,14). The van der Waals surface area contributed by atoms with Crippen LogP contribution < -0.4 is 5.73 Å². The van der Waals surface area contributed by atoms with Crippen molar-refractivity contribution >= 4 is 38.6 Å². The number of fused-ring (bicyclic) bond motifs is 1. The number of nitrogens with two attached hydrogens (primary N) is 1. The summed E-state index contributed by atoms with van der Waals surface area (Å²) in [6.45, 7) is 2.80. The maximum absolute atomic E-state index is 11.8. The molecule has 0 saturated heterocycles. The molecule has 104 valence electrons. The molecule has 2 rings (SSSR count). The highest BCUT2D eigenvalue weighted by molar-refractivity contribution is 7.99. The van der Waals surface area contributed by atoms with Crippen molar-refractivity contribution in [1.82, 2.24) is 9.55 Å². The number of rotatable bonds is 4. The Morgan fingerprint density at radius 1 is 1.47 bits per heavy atom. The van der Waals surface area contributed by atoms with Crippen LogP contribution in [0.25, 0.3) is 11.0 Å². The summed E-state index contributed by atoms with van der Waals surface area (Å²) < 4.78 is 25.4. The van der Waals surface area contributed by atoms with E-state index in [1.807, 2.05) is 16.9 Å². The third-order valence-corrected chi connectivity index (χ3v) is 5.10. The number of imidazole rings is 1. The van der Waals surface area contributed by atoms with E-state index in [1.54, 1.807) is 23.9 Å². The number of nitrogens with zero attached hydrogens (tertiary/aromatic N) is 2. The number of hydrogen-bond donors (Lipinski definition) is 1. The van der Waals surface area contributed by atoms with Crippen LogP contribution in [0.1, 0.15) is 6.92 Å². The number of anilines is 1. The Balaban J connectivity index is 2.66. The normalized spacial score (nSPS) is 13.8. The Morgan fingerprint density at radius 3 is 2.74 bits per heavy atom. The average Bonchev–Trinajstić information content (AvgIpc) is 2.64. The van der Waals surface area contributed by atoms with Crippen LogP contribution in [0, 0.1) is 0 Å². The van der Waals surface area contributed by atoms with Gasteiger partial charge in [-0.25, -0.2) is 13.4 Å². The molecule has 0 radical (unpaired) electrons. The Hall–Kier alpha value is -1.21. The Bertz CT molecular complexity index is 707. The van der Waals surface area contributed by atoms with Crippen LogP contribution in [0.3, 0.4) is 0 Å². The minimum absolute atomic E-state index is 0.229. The minimum Gasteiger partial charge on any atom is -0.369 e. The van der Waals surface area contributed by atoms with Crippen molar-refractivity contribution in [2.24, 2.45) is 0 Å². The highest BCUT2D eigenvalue weighted by Crippen LogP contribution is 2.26. The molecule has 7 heteroatoms. The van der Waals surface area contributed by atoms with Crippen LogP contribution in [-0.2, 0) is 16.4 Å². The van der Waals surface area contributed by atoms with Gasteiger partial charge < -0.3 is 10.3 Å². The van der Waals surface area contributed by atoms with Gasteiger partial charge in [0.05, 0.1) is 10.4 Å². The molecule has 2 aromatic rings. The van der Waals surface area contributed by atoms with E-state index in [0.717, 1.165) is 5.52 Å². The van der Waals surface area contributed by atoms with Crippen molar-refractivity contribution in [3.05, 3.63) is 18.2 Å². The first-order chi connectivity index (χ1) is 8.84. The number of nitrogen functional groups attached to an aromatic ring is 1. The van der Waals surface area contributed by atoms with Crippen molar-refractivity contribution in [2.45, 2.75) is 23.6 Å². The van der Waals surface area contributed by atoms with Gasteiger partial charge in [-0.2, -0.15) is 11.8 Å². The van der Waals surface area contributed by atoms with Gasteiger partial charge in [-0.15, -0.1) is 0 Å². The molecule has 0 bridgehead atoms. The van der Waals surface area contributed by atoms with Gasteiger partial charge >= 0.3 is 0 Å². The second-order valence-electron chi connectivity index (χ2n) is 4.52. The SMILES string of the molecule is CSC(C)Cn1c(N)nc2c(S(C)(=O)=O)cccc21. The smallest absolute Gasteiger partial charge is 0.201 e. The Labute approximate surface area is 117 Å². The lowest BCUT2D eigenvalue weighted by molar-refractivity contribution is 0.602. The number of thioether (sulfide) groups is 1. The van der Waals surface area contributed by atoms with Crippen molar-refractivity contribution in [2.75, 3.05) is 18.2 Å². The predicted octanol–water partition coefficient (Wildman–Crippen LogP) is 1.77. The third kappa shape index (κ3) is 2.71. The van der Waals surface area contributed by atoms with Gasteiger partial charge in [0, 0.05) is 18.1 Å². The van der Waals surface area contributed by atoms with E-state index in [9.17, 15) is 8.42 Å². The van der Waals surface area contributed by atoms with Gasteiger partial charge in [0.2, 0.25) is 5.95 Å². The fourth-order valence-electron chi connectivity index (χ4n) is 1.96. The maximum Gasteiger partial charge on any atom is 0.201 e. The number of hydrogen-bond acceptors (Lipinski definition) is 5. The summed E-state index contributed by atoms with van der Waals surface area (Å²) >= 11 is 1.73. The summed E-state index contributed by atoms with van der Waals surface area (Å²) in [5.74, 6) is 0.354. The third-order valence-electron chi connectivity index (χ3n) is 3.01. The number of benzene rings is 1.